The van der Waals surface area contributed by atoms with Gasteiger partial charge >= 0.3 is 0 Å². The van der Waals surface area contributed by atoms with Crippen LogP contribution in [0.15, 0.2) is 47.8 Å². The molecule has 0 saturated carbocycles. The average molecular weight is 488 g/mol. The van der Waals surface area contributed by atoms with Crippen molar-refractivity contribution in [3.05, 3.63) is 58.9 Å². The number of rotatable bonds is 4. The molecule has 2 aromatic carbocycles. The van der Waals surface area contributed by atoms with Crippen LogP contribution < -0.4 is 19.5 Å². The van der Waals surface area contributed by atoms with Crippen LogP contribution in [0.5, 0.6) is 17.2 Å². The molecule has 0 unspecified atom stereocenters. The Morgan fingerprint density at radius 1 is 1.22 bits per heavy atom. The summed E-state index contributed by atoms with van der Waals surface area (Å²) in [4.78, 5) is 27.4. The summed E-state index contributed by atoms with van der Waals surface area (Å²) in [5.41, 5.74) is 5.22. The lowest BCUT2D eigenvalue weighted by molar-refractivity contribution is -0.139. The normalized spacial score (nSPS) is 18.4. The largest absolute Gasteiger partial charge is 0.493 e. The average Bonchev–Trinajstić information content (AvgIpc) is 3.32. The lowest BCUT2D eigenvalue weighted by Gasteiger charge is -2.25. The van der Waals surface area contributed by atoms with Crippen LogP contribution in [0.1, 0.15) is 37.8 Å². The Morgan fingerprint density at radius 2 is 2.03 bits per heavy atom. The van der Waals surface area contributed by atoms with Crippen LogP contribution in [0.2, 0.25) is 0 Å². The van der Waals surface area contributed by atoms with Gasteiger partial charge in [0.2, 0.25) is 11.7 Å². The van der Waals surface area contributed by atoms with Crippen molar-refractivity contribution in [2.24, 2.45) is 5.92 Å². The van der Waals surface area contributed by atoms with E-state index in [1.54, 1.807) is 7.11 Å². The molecule has 1 N–H and O–H groups in total. The van der Waals surface area contributed by atoms with Crippen molar-refractivity contribution in [1.82, 2.24) is 9.47 Å². The Labute approximate surface area is 209 Å². The highest BCUT2D eigenvalue weighted by Gasteiger charge is 2.42. The topological polar surface area (TPSA) is 82.0 Å². The highest BCUT2D eigenvalue weighted by Crippen LogP contribution is 2.50. The standard InChI is InChI=1S/C28H29N3O5/c1-15(2)12-30-13-18-24(17-10-22(34-4)27-23(11-17)35-8-9-36-27)26-20(14-31(16(3)32)28(26)33)29-19-6-5-7-21(30)25(18)19/h5-7,10-11,13,15,24,29H,8-9,12,14H2,1-4H3/t24-/m1/s1. The monoisotopic (exact) mass is 487 g/mol. The van der Waals surface area contributed by atoms with E-state index in [0.29, 0.717) is 42.0 Å². The third kappa shape index (κ3) is 3.35. The van der Waals surface area contributed by atoms with E-state index in [1.165, 1.54) is 11.8 Å². The second-order valence-electron chi connectivity index (χ2n) is 9.94. The minimum atomic E-state index is -0.423. The molecule has 2 amide bonds. The highest BCUT2D eigenvalue weighted by molar-refractivity contribution is 6.11. The van der Waals surface area contributed by atoms with Crippen LogP contribution in [-0.4, -0.2) is 48.1 Å². The van der Waals surface area contributed by atoms with E-state index in [4.69, 9.17) is 14.2 Å². The zero-order valence-electron chi connectivity index (χ0n) is 20.9. The molecule has 186 valence electrons. The van der Waals surface area contributed by atoms with Crippen molar-refractivity contribution in [2.75, 3.05) is 32.2 Å². The van der Waals surface area contributed by atoms with Crippen LogP contribution >= 0.6 is 0 Å². The fourth-order valence-electron chi connectivity index (χ4n) is 5.63. The Balaban J connectivity index is 1.63. The number of hydrogen-bond donors (Lipinski definition) is 1. The van der Waals surface area contributed by atoms with Crippen molar-refractivity contribution in [2.45, 2.75) is 33.2 Å². The Bertz CT molecular complexity index is 1430. The molecular formula is C28H29N3O5. The smallest absolute Gasteiger partial charge is 0.259 e. The number of amides is 2. The molecule has 3 aliphatic rings. The summed E-state index contributed by atoms with van der Waals surface area (Å²) in [5, 5.41) is 4.60. The molecule has 0 radical (unpaired) electrons. The van der Waals surface area contributed by atoms with Gasteiger partial charge in [-0.25, -0.2) is 0 Å². The van der Waals surface area contributed by atoms with Crippen molar-refractivity contribution in [1.29, 1.82) is 0 Å². The van der Waals surface area contributed by atoms with Crippen LogP contribution in [-0.2, 0) is 16.1 Å². The quantitative estimate of drug-likeness (QED) is 0.592. The van der Waals surface area contributed by atoms with Gasteiger partial charge in [-0.3, -0.25) is 14.5 Å². The SMILES string of the molecule is COc1cc([C@H]2C3=C(CN(C(C)=O)C3=O)Nc3cccc4c3c2cn4CC(C)C)cc2c1OCCO2. The second kappa shape index (κ2) is 8.33. The molecular weight excluding hydrogens is 458 g/mol. The van der Waals surface area contributed by atoms with Crippen molar-refractivity contribution in [3.63, 3.8) is 0 Å². The molecule has 6 rings (SSSR count). The summed E-state index contributed by atoms with van der Waals surface area (Å²) in [6, 6.07) is 10.0. The van der Waals surface area contributed by atoms with Crippen LogP contribution in [0, 0.1) is 5.92 Å². The zero-order chi connectivity index (χ0) is 25.1. The summed E-state index contributed by atoms with van der Waals surface area (Å²) >= 11 is 0. The molecule has 0 saturated heterocycles. The second-order valence-corrected chi connectivity index (χ2v) is 9.94. The molecule has 3 aliphatic heterocycles. The number of carbonyl (C=O) groups excluding carboxylic acids is 2. The van der Waals surface area contributed by atoms with Gasteiger partial charge in [0, 0.05) is 42.4 Å². The van der Waals surface area contributed by atoms with Crippen LogP contribution in [0.4, 0.5) is 5.69 Å². The van der Waals surface area contributed by atoms with Crippen molar-refractivity contribution in [3.8, 4) is 17.2 Å². The predicted molar refractivity (Wildman–Crippen MR) is 136 cm³/mol. The van der Waals surface area contributed by atoms with E-state index >= 15 is 0 Å². The number of benzene rings is 2. The van der Waals surface area contributed by atoms with Gasteiger partial charge in [-0.05, 0) is 41.3 Å². The van der Waals surface area contributed by atoms with Gasteiger partial charge in [-0.1, -0.05) is 19.9 Å². The van der Waals surface area contributed by atoms with E-state index in [2.05, 4.69) is 36.0 Å². The molecule has 0 spiro atoms. The van der Waals surface area contributed by atoms with E-state index in [1.807, 2.05) is 24.3 Å². The maximum atomic E-state index is 13.7. The molecule has 1 atom stereocenters. The van der Waals surface area contributed by atoms with Gasteiger partial charge in [0.15, 0.2) is 11.5 Å². The third-order valence-corrected chi connectivity index (χ3v) is 7.06. The van der Waals surface area contributed by atoms with Gasteiger partial charge in [0.25, 0.3) is 5.91 Å². The van der Waals surface area contributed by atoms with Gasteiger partial charge in [-0.15, -0.1) is 0 Å². The number of nitrogens with zero attached hydrogens (tertiary/aromatic N) is 2. The minimum Gasteiger partial charge on any atom is -0.493 e. The van der Waals surface area contributed by atoms with Crippen molar-refractivity contribution < 1.29 is 23.8 Å². The number of nitrogens with one attached hydrogen (secondary N) is 1. The fraction of sp³-hybridized carbons (Fsp3) is 0.357. The number of imide groups is 1. The first-order valence-electron chi connectivity index (χ1n) is 12.3. The summed E-state index contributed by atoms with van der Waals surface area (Å²) in [5.74, 6) is 1.19. The molecule has 8 nitrogen and oxygen atoms in total. The summed E-state index contributed by atoms with van der Waals surface area (Å²) in [6.45, 7) is 7.75. The number of aromatic nitrogens is 1. The van der Waals surface area contributed by atoms with E-state index < -0.39 is 5.92 Å². The molecule has 4 heterocycles. The van der Waals surface area contributed by atoms with E-state index in [-0.39, 0.29) is 18.4 Å². The van der Waals surface area contributed by atoms with Gasteiger partial charge < -0.3 is 24.1 Å². The number of carbonyl (C=O) groups is 2. The first-order valence-corrected chi connectivity index (χ1v) is 12.3. The van der Waals surface area contributed by atoms with Gasteiger partial charge in [-0.2, -0.15) is 0 Å². The van der Waals surface area contributed by atoms with Gasteiger partial charge in [0.05, 0.1) is 24.7 Å². The van der Waals surface area contributed by atoms with E-state index in [9.17, 15) is 9.59 Å². The third-order valence-electron chi connectivity index (χ3n) is 7.06. The van der Waals surface area contributed by atoms with Crippen LogP contribution in [0.3, 0.4) is 0 Å². The fourth-order valence-corrected chi connectivity index (χ4v) is 5.63. The molecule has 0 bridgehead atoms. The number of ether oxygens (including phenoxy) is 3. The molecule has 0 aliphatic carbocycles. The van der Waals surface area contributed by atoms with Crippen molar-refractivity contribution >= 4 is 28.4 Å². The molecule has 0 fully saturated rings. The Morgan fingerprint density at radius 3 is 2.78 bits per heavy atom. The van der Waals surface area contributed by atoms with Crippen LogP contribution in [0.25, 0.3) is 10.9 Å². The summed E-state index contributed by atoms with van der Waals surface area (Å²) < 4.78 is 19.7. The van der Waals surface area contributed by atoms with E-state index in [0.717, 1.165) is 40.0 Å². The maximum absolute atomic E-state index is 13.7. The predicted octanol–water partition coefficient (Wildman–Crippen LogP) is 4.28. The Kier molecular flexibility index (Phi) is 5.21. The molecule has 8 heteroatoms. The highest BCUT2D eigenvalue weighted by atomic mass is 16.6. The molecule has 36 heavy (non-hydrogen) atoms. The maximum Gasteiger partial charge on any atom is 0.259 e. The first-order chi connectivity index (χ1) is 17.4. The minimum absolute atomic E-state index is 0.217. The summed E-state index contributed by atoms with van der Waals surface area (Å²) in [7, 11) is 1.60. The lowest BCUT2D eigenvalue weighted by Crippen LogP contribution is -2.33. The lowest BCUT2D eigenvalue weighted by atomic mass is 9.84. The number of methoxy groups -OCH3 is 1. The molecule has 1 aromatic heterocycles. The number of hydrogen-bond acceptors (Lipinski definition) is 6. The molecule has 3 aromatic rings. The van der Waals surface area contributed by atoms with Gasteiger partial charge in [0.1, 0.15) is 13.2 Å². The first kappa shape index (κ1) is 22.5. The number of fused-ring (bicyclic) bond motifs is 1. The Hall–Kier alpha value is -3.94. The summed E-state index contributed by atoms with van der Waals surface area (Å²) in [6.07, 6.45) is 2.16. The zero-order valence-corrected chi connectivity index (χ0v) is 20.9. The number of anilines is 1.